The van der Waals surface area contributed by atoms with Gasteiger partial charge in [-0.1, -0.05) is 44.2 Å². The molecule has 0 fully saturated rings. The third-order valence-corrected chi connectivity index (χ3v) is 4.71. The fourth-order valence-corrected chi connectivity index (χ4v) is 2.74. The van der Waals surface area contributed by atoms with Crippen LogP contribution in [0.4, 0.5) is 0 Å². The minimum absolute atomic E-state index is 0. The number of halogens is 1. The van der Waals surface area contributed by atoms with Gasteiger partial charge in [0.15, 0.2) is 5.96 Å². The maximum Gasteiger partial charge on any atom is 0.191 e. The van der Waals surface area contributed by atoms with Crippen LogP contribution in [-0.2, 0) is 0 Å². The number of hydrogen-bond acceptors (Lipinski definition) is 2. The fourth-order valence-electron chi connectivity index (χ4n) is 2.74. The van der Waals surface area contributed by atoms with Crippen LogP contribution in [0.15, 0.2) is 35.3 Å². The highest BCUT2D eigenvalue weighted by atomic mass is 127. The maximum atomic E-state index is 9.35. The Bertz CT molecular complexity index is 461. The average molecular weight is 447 g/mol. The highest BCUT2D eigenvalue weighted by molar-refractivity contribution is 14.0. The molecule has 1 rings (SSSR count). The van der Waals surface area contributed by atoms with Gasteiger partial charge in [0, 0.05) is 19.7 Å². The zero-order chi connectivity index (χ0) is 17.1. The second-order valence-electron chi connectivity index (χ2n) is 6.15. The number of aliphatic hydroxyl groups is 1. The lowest BCUT2D eigenvalue weighted by Gasteiger charge is -2.30. The van der Waals surface area contributed by atoms with Crippen LogP contribution < -0.4 is 10.6 Å². The summed E-state index contributed by atoms with van der Waals surface area (Å²) < 4.78 is 0. The molecule has 24 heavy (non-hydrogen) atoms. The van der Waals surface area contributed by atoms with Gasteiger partial charge in [-0.15, -0.1) is 24.0 Å². The molecule has 4 nitrogen and oxygen atoms in total. The SMILES string of the molecule is CCNC(=NCC(CC)(CC)CCO)NC(C)c1ccccc1.I. The van der Waals surface area contributed by atoms with Crippen molar-refractivity contribution in [2.24, 2.45) is 10.4 Å². The standard InChI is InChI=1S/C19H33N3O.HI/c1-5-19(6-2,13-14-23)15-21-18(20-7-3)22-16(4)17-11-9-8-10-12-17;/h8-12,16,23H,5-7,13-15H2,1-4H3,(H2,20,21,22);1H. The highest BCUT2D eigenvalue weighted by Crippen LogP contribution is 2.30. The first-order valence-corrected chi connectivity index (χ1v) is 8.81. The van der Waals surface area contributed by atoms with Crippen LogP contribution in [0, 0.1) is 5.41 Å². The Kier molecular flexibility index (Phi) is 12.1. The monoisotopic (exact) mass is 447 g/mol. The second kappa shape index (κ2) is 12.5. The van der Waals surface area contributed by atoms with Crippen molar-refractivity contribution in [3.05, 3.63) is 35.9 Å². The van der Waals surface area contributed by atoms with E-state index in [1.165, 1.54) is 5.56 Å². The van der Waals surface area contributed by atoms with E-state index in [9.17, 15) is 5.11 Å². The summed E-state index contributed by atoms with van der Waals surface area (Å²) in [7, 11) is 0. The van der Waals surface area contributed by atoms with E-state index in [4.69, 9.17) is 4.99 Å². The molecule has 0 amide bonds. The number of aliphatic imine (C=N–C) groups is 1. The number of benzene rings is 1. The Morgan fingerprint density at radius 3 is 2.29 bits per heavy atom. The summed E-state index contributed by atoms with van der Waals surface area (Å²) in [6.07, 6.45) is 2.86. The molecule has 0 aliphatic carbocycles. The number of rotatable bonds is 9. The van der Waals surface area contributed by atoms with E-state index in [-0.39, 0.29) is 42.0 Å². The first-order chi connectivity index (χ1) is 11.1. The Morgan fingerprint density at radius 2 is 1.79 bits per heavy atom. The molecule has 1 aromatic rings. The van der Waals surface area contributed by atoms with Gasteiger partial charge in [-0.05, 0) is 44.1 Å². The van der Waals surface area contributed by atoms with Crippen molar-refractivity contribution in [2.75, 3.05) is 19.7 Å². The summed E-state index contributed by atoms with van der Waals surface area (Å²) in [4.78, 5) is 4.80. The molecular formula is C19H34IN3O. The van der Waals surface area contributed by atoms with Gasteiger partial charge < -0.3 is 15.7 Å². The summed E-state index contributed by atoms with van der Waals surface area (Å²) in [5, 5.41) is 16.1. The molecule has 0 heterocycles. The summed E-state index contributed by atoms with van der Waals surface area (Å²) in [5.74, 6) is 0.841. The fraction of sp³-hybridized carbons (Fsp3) is 0.632. The number of hydrogen-bond donors (Lipinski definition) is 3. The van der Waals surface area contributed by atoms with Gasteiger partial charge in [-0.2, -0.15) is 0 Å². The lowest BCUT2D eigenvalue weighted by atomic mass is 9.79. The van der Waals surface area contributed by atoms with Crippen LogP contribution in [0.25, 0.3) is 0 Å². The van der Waals surface area contributed by atoms with Gasteiger partial charge in [0.25, 0.3) is 0 Å². The van der Waals surface area contributed by atoms with Crippen LogP contribution in [-0.4, -0.2) is 30.8 Å². The van der Waals surface area contributed by atoms with Crippen molar-refractivity contribution in [1.82, 2.24) is 10.6 Å². The molecule has 1 aromatic carbocycles. The number of nitrogens with one attached hydrogen (secondary N) is 2. The highest BCUT2D eigenvalue weighted by Gasteiger charge is 2.25. The van der Waals surface area contributed by atoms with Gasteiger partial charge in [0.2, 0.25) is 0 Å². The molecule has 0 radical (unpaired) electrons. The maximum absolute atomic E-state index is 9.35. The van der Waals surface area contributed by atoms with Crippen molar-refractivity contribution in [3.63, 3.8) is 0 Å². The lowest BCUT2D eigenvalue weighted by Crippen LogP contribution is -2.40. The molecule has 3 N–H and O–H groups in total. The Labute approximate surface area is 164 Å². The van der Waals surface area contributed by atoms with E-state index < -0.39 is 0 Å². The molecule has 0 aliphatic rings. The van der Waals surface area contributed by atoms with Crippen LogP contribution >= 0.6 is 24.0 Å². The molecule has 1 atom stereocenters. The Morgan fingerprint density at radius 1 is 1.17 bits per heavy atom. The smallest absolute Gasteiger partial charge is 0.191 e. The van der Waals surface area contributed by atoms with Crippen molar-refractivity contribution in [2.45, 2.75) is 53.0 Å². The first-order valence-electron chi connectivity index (χ1n) is 8.81. The molecule has 0 aliphatic heterocycles. The third-order valence-electron chi connectivity index (χ3n) is 4.71. The van der Waals surface area contributed by atoms with Crippen molar-refractivity contribution >= 4 is 29.9 Å². The first kappa shape index (κ1) is 23.2. The molecule has 0 saturated carbocycles. The normalized spacial score (nSPS) is 13.1. The topological polar surface area (TPSA) is 56.7 Å². The van der Waals surface area contributed by atoms with Gasteiger partial charge >= 0.3 is 0 Å². The Balaban J connectivity index is 0.00000529. The summed E-state index contributed by atoms with van der Waals surface area (Å²) in [6.45, 7) is 10.4. The molecule has 138 valence electrons. The molecule has 0 spiro atoms. The van der Waals surface area contributed by atoms with Gasteiger partial charge in [-0.25, -0.2) is 0 Å². The molecular weight excluding hydrogens is 413 g/mol. The molecule has 0 aromatic heterocycles. The van der Waals surface area contributed by atoms with Crippen molar-refractivity contribution in [3.8, 4) is 0 Å². The summed E-state index contributed by atoms with van der Waals surface area (Å²) in [6, 6.07) is 10.6. The van der Waals surface area contributed by atoms with E-state index in [2.05, 4.69) is 62.6 Å². The second-order valence-corrected chi connectivity index (χ2v) is 6.15. The molecule has 0 bridgehead atoms. The zero-order valence-corrected chi connectivity index (χ0v) is 17.8. The van der Waals surface area contributed by atoms with E-state index in [0.29, 0.717) is 0 Å². The van der Waals surface area contributed by atoms with Crippen LogP contribution in [0.5, 0.6) is 0 Å². The lowest BCUT2D eigenvalue weighted by molar-refractivity contribution is 0.175. The van der Waals surface area contributed by atoms with Crippen molar-refractivity contribution < 1.29 is 5.11 Å². The molecule has 0 saturated heterocycles. The summed E-state index contributed by atoms with van der Waals surface area (Å²) >= 11 is 0. The third kappa shape index (κ3) is 7.38. The molecule has 1 unspecified atom stereocenters. The summed E-state index contributed by atoms with van der Waals surface area (Å²) in [5.41, 5.74) is 1.33. The predicted molar refractivity (Wildman–Crippen MR) is 114 cm³/mol. The van der Waals surface area contributed by atoms with Crippen LogP contribution in [0.1, 0.15) is 58.6 Å². The molecule has 5 heteroatoms. The van der Waals surface area contributed by atoms with Gasteiger partial charge in [0.05, 0.1) is 6.04 Å². The van der Waals surface area contributed by atoms with E-state index >= 15 is 0 Å². The minimum Gasteiger partial charge on any atom is -0.396 e. The largest absolute Gasteiger partial charge is 0.396 e. The Hall–Kier alpha value is -0.820. The minimum atomic E-state index is 0. The number of guanidine groups is 1. The quantitative estimate of drug-likeness (QED) is 0.304. The predicted octanol–water partition coefficient (Wildman–Crippen LogP) is 4.11. The average Bonchev–Trinajstić information content (AvgIpc) is 2.59. The number of aliphatic hydroxyl groups excluding tert-OH is 1. The zero-order valence-electron chi connectivity index (χ0n) is 15.5. The van der Waals surface area contributed by atoms with E-state index in [0.717, 1.165) is 38.3 Å². The number of nitrogens with zero attached hydrogens (tertiary/aromatic N) is 1. The van der Waals surface area contributed by atoms with Crippen LogP contribution in [0.3, 0.4) is 0 Å². The van der Waals surface area contributed by atoms with Crippen LogP contribution in [0.2, 0.25) is 0 Å². The van der Waals surface area contributed by atoms with Gasteiger partial charge in [0.1, 0.15) is 0 Å². The van der Waals surface area contributed by atoms with Crippen molar-refractivity contribution in [1.29, 1.82) is 0 Å². The van der Waals surface area contributed by atoms with E-state index in [1.807, 2.05) is 6.07 Å². The van der Waals surface area contributed by atoms with Gasteiger partial charge in [-0.3, -0.25) is 4.99 Å². The van der Waals surface area contributed by atoms with E-state index in [1.54, 1.807) is 0 Å².